The Balaban J connectivity index is 2.17. The summed E-state index contributed by atoms with van der Waals surface area (Å²) >= 11 is 1.45. The molecule has 2 aliphatic heterocycles. The number of piperidine rings is 1. The molecule has 0 saturated carbocycles. The van der Waals surface area contributed by atoms with Gasteiger partial charge in [0.1, 0.15) is 23.7 Å². The Morgan fingerprint density at radius 3 is 2.71 bits per heavy atom. The molecule has 14 heavy (non-hydrogen) atoms. The molecule has 0 radical (unpaired) electrons. The highest BCUT2D eigenvalue weighted by atomic mass is 32.2. The molecule has 2 aliphatic rings. The van der Waals surface area contributed by atoms with Crippen LogP contribution >= 0.6 is 11.8 Å². The van der Waals surface area contributed by atoms with Crippen molar-refractivity contribution in [3.05, 3.63) is 0 Å². The van der Waals surface area contributed by atoms with E-state index in [0.717, 1.165) is 0 Å². The van der Waals surface area contributed by atoms with Gasteiger partial charge in [0.2, 0.25) is 5.91 Å². The highest BCUT2D eigenvalue weighted by Crippen LogP contribution is 2.32. The minimum atomic E-state index is -1.14. The highest BCUT2D eigenvalue weighted by molar-refractivity contribution is 8.00. The van der Waals surface area contributed by atoms with Crippen molar-refractivity contribution in [2.45, 2.75) is 30.1 Å². The van der Waals surface area contributed by atoms with Crippen LogP contribution in [0.1, 0.15) is 6.42 Å². The van der Waals surface area contributed by atoms with E-state index < -0.39 is 23.7 Å². The van der Waals surface area contributed by atoms with Crippen LogP contribution in [0.3, 0.4) is 0 Å². The van der Waals surface area contributed by atoms with Crippen LogP contribution in [0, 0.1) is 0 Å². The Bertz CT molecular complexity index is 249. The average Bonchev–Trinajstić information content (AvgIpc) is 2.17. The molecule has 0 spiro atoms. The van der Waals surface area contributed by atoms with Gasteiger partial charge in [0.25, 0.3) is 0 Å². The van der Waals surface area contributed by atoms with Gasteiger partial charge in [0.05, 0.1) is 6.54 Å². The van der Waals surface area contributed by atoms with E-state index in [1.807, 2.05) is 0 Å². The van der Waals surface area contributed by atoms with E-state index >= 15 is 0 Å². The summed E-state index contributed by atoms with van der Waals surface area (Å²) in [5, 5.41) is 28.1. The van der Waals surface area contributed by atoms with Crippen molar-refractivity contribution in [3.8, 4) is 0 Å². The number of hydrogen-bond donors (Lipinski definition) is 3. The zero-order chi connectivity index (χ0) is 10.3. The molecule has 2 saturated heterocycles. The molecule has 5 nitrogen and oxygen atoms in total. The van der Waals surface area contributed by atoms with Gasteiger partial charge < -0.3 is 20.2 Å². The van der Waals surface area contributed by atoms with Gasteiger partial charge in [-0.25, -0.2) is 0 Å². The van der Waals surface area contributed by atoms with Crippen LogP contribution in [0.5, 0.6) is 0 Å². The maximum atomic E-state index is 11.4. The molecular weight excluding hydrogens is 206 g/mol. The van der Waals surface area contributed by atoms with E-state index in [-0.39, 0.29) is 12.5 Å². The van der Waals surface area contributed by atoms with E-state index in [9.17, 15) is 20.1 Å². The summed E-state index contributed by atoms with van der Waals surface area (Å²) in [5.74, 6) is 0.610. The number of thioether (sulfide) groups is 1. The summed E-state index contributed by atoms with van der Waals surface area (Å²) in [4.78, 5) is 12.9. The van der Waals surface area contributed by atoms with E-state index in [1.54, 1.807) is 0 Å². The second kappa shape index (κ2) is 3.69. The maximum Gasteiger partial charge on any atom is 0.224 e. The summed E-state index contributed by atoms with van der Waals surface area (Å²) in [7, 11) is 0. The van der Waals surface area contributed by atoms with Gasteiger partial charge in [-0.05, 0) is 0 Å². The van der Waals surface area contributed by atoms with Crippen LogP contribution in [0.25, 0.3) is 0 Å². The van der Waals surface area contributed by atoms with Gasteiger partial charge in [-0.2, -0.15) is 0 Å². The molecule has 0 unspecified atom stereocenters. The van der Waals surface area contributed by atoms with Crippen molar-refractivity contribution in [3.63, 3.8) is 0 Å². The number of carbonyl (C=O) groups is 1. The lowest BCUT2D eigenvalue weighted by Gasteiger charge is -2.45. The first-order valence-electron chi connectivity index (χ1n) is 4.56. The second-order valence-corrected chi connectivity index (χ2v) is 4.83. The standard InChI is InChI=1S/C8H13NO4S/c10-4-3-9-5(11)1-2-14-8(9)7(13)6(4)12/h4,6-8,10,12-13H,1-3H2/t4-,6+,7+,8-/m1/s1. The monoisotopic (exact) mass is 219 g/mol. The van der Waals surface area contributed by atoms with Crippen LogP contribution in [0.4, 0.5) is 0 Å². The number of aliphatic hydroxyl groups excluding tert-OH is 3. The second-order valence-electron chi connectivity index (χ2n) is 3.61. The van der Waals surface area contributed by atoms with Gasteiger partial charge >= 0.3 is 0 Å². The lowest BCUT2D eigenvalue weighted by Crippen LogP contribution is -2.62. The molecular formula is C8H13NO4S. The van der Waals surface area contributed by atoms with Crippen molar-refractivity contribution in [1.29, 1.82) is 0 Å². The maximum absolute atomic E-state index is 11.4. The summed E-state index contributed by atoms with van der Waals surface area (Å²) in [6.07, 6.45) is -2.79. The number of nitrogens with zero attached hydrogens (tertiary/aromatic N) is 1. The minimum absolute atomic E-state index is 0.0567. The first kappa shape index (κ1) is 10.2. The lowest BCUT2D eigenvalue weighted by molar-refractivity contribution is -0.153. The number of amides is 1. The molecule has 0 aliphatic carbocycles. The number of rotatable bonds is 0. The lowest BCUT2D eigenvalue weighted by atomic mass is 10.0. The number of carbonyl (C=O) groups excluding carboxylic acids is 1. The third-order valence-electron chi connectivity index (χ3n) is 2.65. The highest BCUT2D eigenvalue weighted by Gasteiger charge is 2.45. The Kier molecular flexibility index (Phi) is 2.70. The van der Waals surface area contributed by atoms with Gasteiger partial charge in [-0.15, -0.1) is 11.8 Å². The summed E-state index contributed by atoms with van der Waals surface area (Å²) < 4.78 is 0. The zero-order valence-electron chi connectivity index (χ0n) is 7.54. The Labute approximate surface area is 85.7 Å². The fourth-order valence-corrected chi connectivity index (χ4v) is 3.11. The van der Waals surface area contributed by atoms with Crippen LogP contribution in [0.2, 0.25) is 0 Å². The van der Waals surface area contributed by atoms with Crippen molar-refractivity contribution in [1.82, 2.24) is 4.90 Å². The SMILES string of the molecule is O=C1CCS[C@@H]2[C@@H](O)[C@@H](O)[C@H](O)CN12. The predicted molar refractivity (Wildman–Crippen MR) is 50.6 cm³/mol. The first-order chi connectivity index (χ1) is 6.61. The molecule has 6 heteroatoms. The quantitative estimate of drug-likeness (QED) is 0.456. The van der Waals surface area contributed by atoms with Crippen LogP contribution in [0.15, 0.2) is 0 Å². The Morgan fingerprint density at radius 2 is 2.00 bits per heavy atom. The summed E-state index contributed by atoms with van der Waals surface area (Å²) in [5.41, 5.74) is 0. The smallest absolute Gasteiger partial charge is 0.224 e. The van der Waals surface area contributed by atoms with E-state index in [2.05, 4.69) is 0 Å². The van der Waals surface area contributed by atoms with Gasteiger partial charge in [-0.3, -0.25) is 4.79 Å². The van der Waals surface area contributed by atoms with Gasteiger partial charge in [0, 0.05) is 12.2 Å². The fourth-order valence-electron chi connectivity index (χ4n) is 1.84. The third-order valence-corrected chi connectivity index (χ3v) is 3.97. The van der Waals surface area contributed by atoms with Gasteiger partial charge in [-0.1, -0.05) is 0 Å². The van der Waals surface area contributed by atoms with E-state index in [0.29, 0.717) is 12.2 Å². The fraction of sp³-hybridized carbons (Fsp3) is 0.875. The zero-order valence-corrected chi connectivity index (χ0v) is 8.35. The molecule has 0 bridgehead atoms. The predicted octanol–water partition coefficient (Wildman–Crippen LogP) is -1.63. The first-order valence-corrected chi connectivity index (χ1v) is 5.61. The minimum Gasteiger partial charge on any atom is -0.388 e. The van der Waals surface area contributed by atoms with Gasteiger partial charge in [0.15, 0.2) is 0 Å². The molecule has 2 fully saturated rings. The molecule has 2 rings (SSSR count). The van der Waals surface area contributed by atoms with E-state index in [1.165, 1.54) is 16.7 Å². The largest absolute Gasteiger partial charge is 0.388 e. The van der Waals surface area contributed by atoms with Crippen molar-refractivity contribution in [2.75, 3.05) is 12.3 Å². The number of fused-ring (bicyclic) bond motifs is 1. The van der Waals surface area contributed by atoms with E-state index in [4.69, 9.17) is 0 Å². The van der Waals surface area contributed by atoms with Crippen LogP contribution in [-0.2, 0) is 4.79 Å². The molecule has 1 amide bonds. The Hall–Kier alpha value is -0.300. The van der Waals surface area contributed by atoms with Crippen molar-refractivity contribution in [2.24, 2.45) is 0 Å². The summed E-state index contributed by atoms with van der Waals surface area (Å²) in [6, 6.07) is 0. The molecule has 0 aromatic rings. The normalized spacial score (nSPS) is 43.6. The molecule has 0 aromatic carbocycles. The molecule has 3 N–H and O–H groups in total. The molecule has 4 atom stereocenters. The van der Waals surface area contributed by atoms with Crippen molar-refractivity contribution < 1.29 is 20.1 Å². The number of aliphatic hydroxyl groups is 3. The van der Waals surface area contributed by atoms with Crippen molar-refractivity contribution >= 4 is 17.7 Å². The van der Waals surface area contributed by atoms with Crippen LogP contribution < -0.4 is 0 Å². The topological polar surface area (TPSA) is 81.0 Å². The molecule has 80 valence electrons. The Morgan fingerprint density at radius 1 is 1.29 bits per heavy atom. The molecule has 0 aromatic heterocycles. The summed E-state index contributed by atoms with van der Waals surface area (Å²) in [6.45, 7) is 0.120. The molecule has 2 heterocycles. The van der Waals surface area contributed by atoms with Crippen LogP contribution in [-0.4, -0.2) is 62.1 Å². The third kappa shape index (κ3) is 1.52. The average molecular weight is 219 g/mol. The number of hydrogen-bond acceptors (Lipinski definition) is 5.